The lowest BCUT2D eigenvalue weighted by atomic mass is 9.85. The molecule has 1 aliphatic heterocycles. The van der Waals surface area contributed by atoms with Gasteiger partial charge in [0.25, 0.3) is 11.8 Å². The van der Waals surface area contributed by atoms with E-state index in [2.05, 4.69) is 30.9 Å². The molecule has 1 saturated carbocycles. The van der Waals surface area contributed by atoms with Gasteiger partial charge in [0.15, 0.2) is 5.65 Å². The number of aromatic nitrogens is 3. The maximum Gasteiger partial charge on any atom is 0.391 e. The Labute approximate surface area is 272 Å². The van der Waals surface area contributed by atoms with E-state index in [1.54, 1.807) is 32.9 Å². The molecule has 9 nitrogen and oxygen atoms in total. The molecular formula is C30H34Cl2F5N7O2. The first-order valence-electron chi connectivity index (χ1n) is 14.8. The van der Waals surface area contributed by atoms with Gasteiger partial charge in [-0.05, 0) is 43.4 Å². The van der Waals surface area contributed by atoms with Gasteiger partial charge in [-0.3, -0.25) is 9.59 Å². The number of fused-ring (bicyclic) bond motifs is 1. The first kappa shape index (κ1) is 34.0. The van der Waals surface area contributed by atoms with Crippen molar-refractivity contribution in [3.63, 3.8) is 0 Å². The van der Waals surface area contributed by atoms with E-state index < -0.39 is 48.3 Å². The highest BCUT2D eigenvalue weighted by Gasteiger charge is 2.42. The van der Waals surface area contributed by atoms with Gasteiger partial charge in [-0.25, -0.2) is 18.7 Å². The first-order valence-corrected chi connectivity index (χ1v) is 15.6. The predicted octanol–water partition coefficient (Wildman–Crippen LogP) is 7.37. The fraction of sp³-hybridized carbons (Fsp3) is 0.533. The number of aromatic amines is 1. The van der Waals surface area contributed by atoms with Gasteiger partial charge in [-0.1, -0.05) is 50.0 Å². The van der Waals surface area contributed by atoms with Crippen LogP contribution in [-0.2, 0) is 11.3 Å². The minimum Gasteiger partial charge on any atom is -0.352 e. The maximum atomic E-state index is 14.2. The number of pyridine rings is 1. The molecule has 5 rings (SSSR count). The maximum absolute atomic E-state index is 14.2. The molecule has 2 amide bonds. The highest BCUT2D eigenvalue weighted by molar-refractivity contribution is 6.39. The number of H-pyrrole nitrogens is 1. The number of hydrogen-bond donors (Lipinski definition) is 4. The summed E-state index contributed by atoms with van der Waals surface area (Å²) in [6, 6.07) is 4.19. The minimum absolute atomic E-state index is 0.00834. The molecule has 0 radical (unpaired) electrons. The Hall–Kier alpha value is -3.39. The molecule has 1 aliphatic carbocycles. The average Bonchev–Trinajstić information content (AvgIpc) is 3.54. The van der Waals surface area contributed by atoms with Crippen LogP contribution >= 0.6 is 23.2 Å². The third-order valence-corrected chi connectivity index (χ3v) is 8.97. The average molecular weight is 691 g/mol. The zero-order valence-electron chi connectivity index (χ0n) is 25.3. The van der Waals surface area contributed by atoms with Gasteiger partial charge in [-0.2, -0.15) is 13.2 Å². The molecule has 1 saturated heterocycles. The van der Waals surface area contributed by atoms with Crippen LogP contribution in [0.4, 0.5) is 39.4 Å². The van der Waals surface area contributed by atoms with E-state index in [-0.39, 0.29) is 88.9 Å². The summed E-state index contributed by atoms with van der Waals surface area (Å²) in [5, 5.41) is 9.10. The van der Waals surface area contributed by atoms with Crippen molar-refractivity contribution in [3.05, 3.63) is 39.4 Å². The number of carbonyl (C=O) groups excluding carboxylic acids is 2. The summed E-state index contributed by atoms with van der Waals surface area (Å²) in [6.45, 7) is 4.80. The number of nitrogens with one attached hydrogen (secondary N) is 4. The van der Waals surface area contributed by atoms with Gasteiger partial charge in [-0.15, -0.1) is 0 Å². The zero-order chi connectivity index (χ0) is 33.6. The number of halogens is 7. The Morgan fingerprint density at radius 3 is 2.39 bits per heavy atom. The first-order chi connectivity index (χ1) is 21.4. The number of hydrogen-bond acceptors (Lipinski definition) is 6. The molecule has 3 heterocycles. The van der Waals surface area contributed by atoms with Crippen LogP contribution in [0.3, 0.4) is 0 Å². The number of nitrogens with zero attached hydrogens (tertiary/aromatic N) is 3. The summed E-state index contributed by atoms with van der Waals surface area (Å²) in [5.41, 5.74) is 0.666. The number of rotatable bonds is 7. The molecule has 4 N–H and O–H groups in total. The minimum atomic E-state index is -4.29. The summed E-state index contributed by atoms with van der Waals surface area (Å²) in [7, 11) is 0. The smallest absolute Gasteiger partial charge is 0.352 e. The summed E-state index contributed by atoms with van der Waals surface area (Å²) in [4.78, 5) is 39.0. The highest BCUT2D eigenvalue weighted by atomic mass is 35.5. The van der Waals surface area contributed by atoms with E-state index in [0.29, 0.717) is 5.56 Å². The van der Waals surface area contributed by atoms with Crippen molar-refractivity contribution in [2.45, 2.75) is 77.6 Å². The Bertz CT molecular complexity index is 1630. The molecule has 16 heteroatoms. The molecule has 0 atom stereocenters. The summed E-state index contributed by atoms with van der Waals surface area (Å²) >= 11 is 13.1. The predicted molar refractivity (Wildman–Crippen MR) is 166 cm³/mol. The van der Waals surface area contributed by atoms with Gasteiger partial charge < -0.3 is 25.8 Å². The second kappa shape index (κ2) is 12.7. The van der Waals surface area contributed by atoms with Crippen LogP contribution in [0.5, 0.6) is 0 Å². The van der Waals surface area contributed by atoms with Crippen LogP contribution in [0, 0.1) is 11.3 Å². The Morgan fingerprint density at radius 2 is 1.78 bits per heavy atom. The van der Waals surface area contributed by atoms with E-state index in [1.165, 1.54) is 11.0 Å². The molecule has 2 aromatic heterocycles. The van der Waals surface area contributed by atoms with Crippen molar-refractivity contribution in [3.8, 4) is 0 Å². The van der Waals surface area contributed by atoms with Crippen LogP contribution in [0.1, 0.15) is 68.8 Å². The fourth-order valence-electron chi connectivity index (χ4n) is 5.55. The topological polar surface area (TPSA) is 115 Å². The van der Waals surface area contributed by atoms with E-state index in [0.717, 1.165) is 0 Å². The van der Waals surface area contributed by atoms with Crippen molar-refractivity contribution in [1.82, 2.24) is 25.6 Å². The molecule has 2 fully saturated rings. The highest BCUT2D eigenvalue weighted by Crippen LogP contribution is 2.39. The van der Waals surface area contributed by atoms with E-state index in [4.69, 9.17) is 23.2 Å². The molecule has 0 bridgehead atoms. The summed E-state index contributed by atoms with van der Waals surface area (Å²) in [6.07, 6.45) is -4.66. The monoisotopic (exact) mass is 689 g/mol. The molecular weight excluding hydrogens is 656 g/mol. The van der Waals surface area contributed by atoms with Crippen LogP contribution < -0.4 is 20.9 Å². The second-order valence-corrected chi connectivity index (χ2v) is 13.6. The third kappa shape index (κ3) is 7.59. The molecule has 0 spiro atoms. The lowest BCUT2D eigenvalue weighted by Crippen LogP contribution is -2.40. The van der Waals surface area contributed by atoms with Crippen molar-refractivity contribution < 1.29 is 31.5 Å². The normalized spacial score (nSPS) is 20.2. The lowest BCUT2D eigenvalue weighted by Gasteiger charge is -2.30. The molecule has 3 aromatic rings. The van der Waals surface area contributed by atoms with Crippen molar-refractivity contribution in [2.75, 3.05) is 23.3 Å². The van der Waals surface area contributed by atoms with Gasteiger partial charge in [0.05, 0.1) is 33.8 Å². The fourth-order valence-corrected chi connectivity index (χ4v) is 6.08. The number of alkyl halides is 5. The van der Waals surface area contributed by atoms with Gasteiger partial charge in [0.1, 0.15) is 11.3 Å². The Balaban J connectivity index is 1.41. The molecule has 46 heavy (non-hydrogen) atoms. The van der Waals surface area contributed by atoms with Crippen molar-refractivity contribution in [2.24, 2.45) is 11.3 Å². The van der Waals surface area contributed by atoms with Crippen molar-refractivity contribution >= 4 is 63.6 Å². The van der Waals surface area contributed by atoms with Gasteiger partial charge in [0.2, 0.25) is 11.9 Å². The molecule has 1 aromatic carbocycles. The quantitative estimate of drug-likeness (QED) is 0.193. The van der Waals surface area contributed by atoms with Gasteiger partial charge >= 0.3 is 6.18 Å². The Morgan fingerprint density at radius 1 is 1.09 bits per heavy atom. The molecule has 250 valence electrons. The SMILES string of the molecule is CC(C)(C)C(=O)NCc1ccc(Cl)c(Nc2nc3cc(C(=O)NC4CCC(C(F)(F)F)CC4)c(N4CCC(F)(F)C4)nc3[nH]2)c1Cl. The van der Waals surface area contributed by atoms with E-state index >= 15 is 0 Å². The van der Waals surface area contributed by atoms with Crippen LogP contribution in [0.25, 0.3) is 11.2 Å². The largest absolute Gasteiger partial charge is 0.391 e. The van der Waals surface area contributed by atoms with Crippen molar-refractivity contribution in [1.29, 1.82) is 0 Å². The lowest BCUT2D eigenvalue weighted by molar-refractivity contribution is -0.182. The summed E-state index contributed by atoms with van der Waals surface area (Å²) < 4.78 is 67.8. The number of amides is 2. The van der Waals surface area contributed by atoms with Crippen LogP contribution in [0.2, 0.25) is 10.0 Å². The van der Waals surface area contributed by atoms with Gasteiger partial charge in [0, 0.05) is 31.0 Å². The number of anilines is 3. The third-order valence-electron chi connectivity index (χ3n) is 8.23. The molecule has 0 unspecified atom stereocenters. The second-order valence-electron chi connectivity index (χ2n) is 12.9. The number of imidazole rings is 1. The summed E-state index contributed by atoms with van der Waals surface area (Å²) in [5.74, 6) is -5.05. The molecule has 2 aliphatic rings. The number of carbonyl (C=O) groups is 2. The standard InChI is InChI=1S/C30H34Cl2F5N7O2/c1-28(2,3)26(46)38-13-15-4-9-19(31)22(21(15)32)41-27-40-20-12-18(24(42-23(20)43-27)44-11-10-29(33,34)14-44)25(45)39-17-7-5-16(6-8-17)30(35,36)37/h4,9,12,16-17H,5-8,10-11,13-14H2,1-3H3,(H,38,46)(H,39,45)(H2,40,41,42,43). The Kier molecular flexibility index (Phi) is 9.35. The van der Waals surface area contributed by atoms with E-state index in [9.17, 15) is 31.5 Å². The zero-order valence-corrected chi connectivity index (χ0v) is 26.9. The van der Waals surface area contributed by atoms with E-state index in [1.807, 2.05) is 0 Å². The van der Waals surface area contributed by atoms with Crippen LogP contribution in [0.15, 0.2) is 18.2 Å². The number of benzene rings is 1. The van der Waals surface area contributed by atoms with Crippen LogP contribution in [-0.4, -0.2) is 58.0 Å².